The highest BCUT2D eigenvalue weighted by atomic mass is 16.3. The molecule has 3 heteroatoms. The van der Waals surface area contributed by atoms with Crippen LogP contribution in [0, 0.1) is 6.92 Å². The summed E-state index contributed by atoms with van der Waals surface area (Å²) in [6.45, 7) is 1.72. The van der Waals surface area contributed by atoms with E-state index in [4.69, 9.17) is 10.2 Å². The van der Waals surface area contributed by atoms with Crippen molar-refractivity contribution in [1.82, 2.24) is 0 Å². The van der Waals surface area contributed by atoms with Crippen molar-refractivity contribution in [2.24, 2.45) is 0 Å². The van der Waals surface area contributed by atoms with Crippen LogP contribution in [-0.2, 0) is 6.42 Å². The van der Waals surface area contributed by atoms with E-state index in [0.29, 0.717) is 12.8 Å². The normalized spacial score (nSPS) is 12.8. The average Bonchev–Trinajstić information content (AvgIpc) is 2.19. The van der Waals surface area contributed by atoms with Gasteiger partial charge in [-0.25, -0.2) is 0 Å². The second-order valence-electron chi connectivity index (χ2n) is 3.51. The quantitative estimate of drug-likeness (QED) is 0.673. The summed E-state index contributed by atoms with van der Waals surface area (Å²) in [4.78, 5) is 0. The molecule has 0 spiro atoms. The SMILES string of the molecule is Cc1ccc(O)c(CCC(O)CO)c1. The Balaban J connectivity index is 2.62. The molecule has 0 saturated heterocycles. The van der Waals surface area contributed by atoms with E-state index in [1.54, 1.807) is 6.07 Å². The Morgan fingerprint density at radius 3 is 2.71 bits per heavy atom. The van der Waals surface area contributed by atoms with Gasteiger partial charge in [0.2, 0.25) is 0 Å². The zero-order valence-corrected chi connectivity index (χ0v) is 8.27. The number of phenolic OH excluding ortho intramolecular Hbond substituents is 1. The Kier molecular flexibility index (Phi) is 3.92. The molecule has 0 aromatic heterocycles. The maximum absolute atomic E-state index is 9.48. The van der Waals surface area contributed by atoms with Crippen molar-refractivity contribution in [2.45, 2.75) is 25.9 Å². The summed E-state index contributed by atoms with van der Waals surface area (Å²) in [7, 11) is 0. The number of aliphatic hydroxyl groups is 2. The zero-order valence-electron chi connectivity index (χ0n) is 8.27. The van der Waals surface area contributed by atoms with Gasteiger partial charge in [0, 0.05) is 0 Å². The molecule has 78 valence electrons. The summed E-state index contributed by atoms with van der Waals surface area (Å²) >= 11 is 0. The Labute approximate surface area is 83.6 Å². The number of phenols is 1. The second kappa shape index (κ2) is 4.98. The first-order valence-electron chi connectivity index (χ1n) is 4.71. The van der Waals surface area contributed by atoms with Crippen molar-refractivity contribution >= 4 is 0 Å². The standard InChI is InChI=1S/C11H16O3/c1-8-2-5-11(14)9(6-8)3-4-10(13)7-12/h2,5-6,10,12-14H,3-4,7H2,1H3. The van der Waals surface area contributed by atoms with Gasteiger partial charge in [0.05, 0.1) is 12.7 Å². The number of hydrogen-bond donors (Lipinski definition) is 3. The van der Waals surface area contributed by atoms with Crippen molar-refractivity contribution in [3.8, 4) is 5.75 Å². The maximum Gasteiger partial charge on any atom is 0.118 e. The van der Waals surface area contributed by atoms with E-state index in [0.717, 1.165) is 11.1 Å². The fourth-order valence-electron chi connectivity index (χ4n) is 1.33. The van der Waals surface area contributed by atoms with Crippen LogP contribution in [-0.4, -0.2) is 28.0 Å². The Morgan fingerprint density at radius 1 is 1.36 bits per heavy atom. The molecule has 1 unspecified atom stereocenters. The van der Waals surface area contributed by atoms with E-state index in [9.17, 15) is 5.11 Å². The summed E-state index contributed by atoms with van der Waals surface area (Å²) < 4.78 is 0. The van der Waals surface area contributed by atoms with Gasteiger partial charge in [-0.3, -0.25) is 0 Å². The largest absolute Gasteiger partial charge is 0.508 e. The summed E-state index contributed by atoms with van der Waals surface area (Å²) in [5.74, 6) is 0.251. The monoisotopic (exact) mass is 196 g/mol. The van der Waals surface area contributed by atoms with Crippen LogP contribution in [0.3, 0.4) is 0 Å². The minimum Gasteiger partial charge on any atom is -0.508 e. The molecule has 0 heterocycles. The van der Waals surface area contributed by atoms with Gasteiger partial charge in [0.15, 0.2) is 0 Å². The first-order chi connectivity index (χ1) is 6.63. The maximum atomic E-state index is 9.48. The van der Waals surface area contributed by atoms with Crippen LogP contribution >= 0.6 is 0 Å². The molecule has 1 aromatic rings. The Bertz CT molecular complexity index is 297. The summed E-state index contributed by atoms with van der Waals surface area (Å²) in [6.07, 6.45) is 0.345. The van der Waals surface area contributed by atoms with Gasteiger partial charge in [-0.2, -0.15) is 0 Å². The lowest BCUT2D eigenvalue weighted by molar-refractivity contribution is 0.0884. The molecule has 0 amide bonds. The van der Waals surface area contributed by atoms with Crippen molar-refractivity contribution < 1.29 is 15.3 Å². The molecule has 1 rings (SSSR count). The molecule has 0 aliphatic heterocycles. The number of aromatic hydroxyl groups is 1. The number of aryl methyl sites for hydroxylation is 2. The van der Waals surface area contributed by atoms with Crippen LogP contribution < -0.4 is 0 Å². The van der Waals surface area contributed by atoms with Crippen molar-refractivity contribution in [2.75, 3.05) is 6.61 Å². The molecule has 0 aliphatic rings. The average molecular weight is 196 g/mol. The molecule has 1 atom stereocenters. The lowest BCUT2D eigenvalue weighted by Gasteiger charge is -2.08. The van der Waals surface area contributed by atoms with Crippen LogP contribution in [0.1, 0.15) is 17.5 Å². The molecule has 0 saturated carbocycles. The van der Waals surface area contributed by atoms with Crippen LogP contribution in [0.15, 0.2) is 18.2 Å². The number of aliphatic hydroxyl groups excluding tert-OH is 2. The van der Waals surface area contributed by atoms with Crippen molar-refractivity contribution in [3.63, 3.8) is 0 Å². The van der Waals surface area contributed by atoms with E-state index >= 15 is 0 Å². The molecule has 0 bridgehead atoms. The smallest absolute Gasteiger partial charge is 0.118 e. The summed E-state index contributed by atoms with van der Waals surface area (Å²) in [5, 5.41) is 27.2. The topological polar surface area (TPSA) is 60.7 Å². The first-order valence-corrected chi connectivity index (χ1v) is 4.71. The number of benzene rings is 1. The van der Waals surface area contributed by atoms with E-state index in [1.165, 1.54) is 0 Å². The van der Waals surface area contributed by atoms with Crippen LogP contribution in [0.5, 0.6) is 5.75 Å². The predicted molar refractivity (Wildman–Crippen MR) is 54.3 cm³/mol. The van der Waals surface area contributed by atoms with Crippen LogP contribution in [0.4, 0.5) is 0 Å². The molecule has 1 aromatic carbocycles. The third kappa shape index (κ3) is 3.01. The lowest BCUT2D eigenvalue weighted by atomic mass is 10.0. The van der Waals surface area contributed by atoms with E-state index in [-0.39, 0.29) is 12.4 Å². The number of hydrogen-bond acceptors (Lipinski definition) is 3. The van der Waals surface area contributed by atoms with Crippen LogP contribution in [0.25, 0.3) is 0 Å². The van der Waals surface area contributed by atoms with Crippen molar-refractivity contribution in [1.29, 1.82) is 0 Å². The minimum absolute atomic E-state index is 0.230. The Hall–Kier alpha value is -1.06. The number of rotatable bonds is 4. The molecule has 3 nitrogen and oxygen atoms in total. The molecule has 0 aliphatic carbocycles. The molecular formula is C11H16O3. The molecule has 14 heavy (non-hydrogen) atoms. The molecule has 3 N–H and O–H groups in total. The second-order valence-corrected chi connectivity index (χ2v) is 3.51. The van der Waals surface area contributed by atoms with Crippen LogP contribution in [0.2, 0.25) is 0 Å². The predicted octanol–water partition coefficient (Wildman–Crippen LogP) is 0.986. The highest BCUT2D eigenvalue weighted by Crippen LogP contribution is 2.20. The molecular weight excluding hydrogens is 180 g/mol. The fraction of sp³-hybridized carbons (Fsp3) is 0.455. The van der Waals surface area contributed by atoms with Gasteiger partial charge in [-0.05, 0) is 31.4 Å². The summed E-state index contributed by atoms with van der Waals surface area (Å²) in [5.41, 5.74) is 1.90. The highest BCUT2D eigenvalue weighted by Gasteiger charge is 2.05. The van der Waals surface area contributed by atoms with E-state index in [1.807, 2.05) is 19.1 Å². The Morgan fingerprint density at radius 2 is 2.07 bits per heavy atom. The first kappa shape index (κ1) is 11.0. The molecule has 0 fully saturated rings. The minimum atomic E-state index is -0.699. The third-order valence-corrected chi connectivity index (χ3v) is 2.19. The van der Waals surface area contributed by atoms with Gasteiger partial charge in [-0.1, -0.05) is 17.7 Å². The van der Waals surface area contributed by atoms with Crippen molar-refractivity contribution in [3.05, 3.63) is 29.3 Å². The summed E-state index contributed by atoms with van der Waals surface area (Å²) in [6, 6.07) is 5.37. The highest BCUT2D eigenvalue weighted by molar-refractivity contribution is 5.35. The fourth-order valence-corrected chi connectivity index (χ4v) is 1.33. The van der Waals surface area contributed by atoms with E-state index in [2.05, 4.69) is 0 Å². The van der Waals surface area contributed by atoms with Gasteiger partial charge < -0.3 is 15.3 Å². The van der Waals surface area contributed by atoms with Gasteiger partial charge >= 0.3 is 0 Å². The lowest BCUT2D eigenvalue weighted by Crippen LogP contribution is -2.12. The third-order valence-electron chi connectivity index (χ3n) is 2.19. The van der Waals surface area contributed by atoms with Gasteiger partial charge in [0.25, 0.3) is 0 Å². The molecule has 0 radical (unpaired) electrons. The van der Waals surface area contributed by atoms with Gasteiger partial charge in [0.1, 0.15) is 5.75 Å². The van der Waals surface area contributed by atoms with E-state index < -0.39 is 6.10 Å². The van der Waals surface area contributed by atoms with Gasteiger partial charge in [-0.15, -0.1) is 0 Å². The zero-order chi connectivity index (χ0) is 10.6.